The van der Waals surface area contributed by atoms with Crippen LogP contribution in [0.1, 0.15) is 25.3 Å². The lowest BCUT2D eigenvalue weighted by atomic mass is 9.95. The number of nitrogens with zero attached hydrogens (tertiary/aromatic N) is 2. The Kier molecular flexibility index (Phi) is 3.30. The predicted molar refractivity (Wildman–Crippen MR) is 95.0 cm³/mol. The number of hydrogen-bond acceptors (Lipinski definition) is 3. The van der Waals surface area contributed by atoms with Crippen LogP contribution in [0.25, 0.3) is 33.2 Å². The fraction of sp³-hybridized carbons (Fsp3) is 0.167. The summed E-state index contributed by atoms with van der Waals surface area (Å²) in [5.74, 6) is 0.315. The number of benzene rings is 1. The predicted octanol–water partition coefficient (Wildman–Crippen LogP) is 3.80. The van der Waals surface area contributed by atoms with Gasteiger partial charge in [0.2, 0.25) is 6.41 Å². The number of hydrogen-bond donors (Lipinski definition) is 3. The molecule has 3 heterocycles. The highest BCUT2D eigenvalue weighted by molar-refractivity contribution is 5.99. The van der Waals surface area contributed by atoms with Gasteiger partial charge in [-0.15, -0.1) is 0 Å². The Morgan fingerprint density at radius 2 is 2.08 bits per heavy atom. The van der Waals surface area contributed by atoms with Gasteiger partial charge in [0.1, 0.15) is 0 Å². The van der Waals surface area contributed by atoms with E-state index in [9.17, 15) is 4.79 Å². The second-order valence-corrected chi connectivity index (χ2v) is 6.08. The van der Waals surface area contributed by atoms with Gasteiger partial charge in [-0.2, -0.15) is 5.10 Å². The highest BCUT2D eigenvalue weighted by Crippen LogP contribution is 2.38. The van der Waals surface area contributed by atoms with Crippen molar-refractivity contribution in [3.8, 4) is 11.3 Å². The fourth-order valence-electron chi connectivity index (χ4n) is 3.25. The summed E-state index contributed by atoms with van der Waals surface area (Å²) >= 11 is 0. The first-order valence-corrected chi connectivity index (χ1v) is 7.83. The van der Waals surface area contributed by atoms with Gasteiger partial charge in [-0.1, -0.05) is 13.8 Å². The van der Waals surface area contributed by atoms with Crippen molar-refractivity contribution in [2.45, 2.75) is 19.8 Å². The largest absolute Gasteiger partial charge is 0.354 e. The summed E-state index contributed by atoms with van der Waals surface area (Å²) in [5.41, 5.74) is 5.94. The second-order valence-electron chi connectivity index (χ2n) is 6.08. The Morgan fingerprint density at radius 3 is 2.88 bits per heavy atom. The molecule has 0 unspecified atom stereocenters. The summed E-state index contributed by atoms with van der Waals surface area (Å²) in [6, 6.07) is 7.89. The summed E-state index contributed by atoms with van der Waals surface area (Å²) in [4.78, 5) is 18.6. The average molecular weight is 319 g/mol. The van der Waals surface area contributed by atoms with E-state index < -0.39 is 0 Å². The van der Waals surface area contributed by atoms with Gasteiger partial charge in [0, 0.05) is 33.7 Å². The van der Waals surface area contributed by atoms with E-state index in [1.54, 1.807) is 12.4 Å². The van der Waals surface area contributed by atoms with Gasteiger partial charge in [0.15, 0.2) is 5.65 Å². The van der Waals surface area contributed by atoms with Gasteiger partial charge >= 0.3 is 0 Å². The summed E-state index contributed by atoms with van der Waals surface area (Å²) in [7, 11) is 0. The third-order valence-corrected chi connectivity index (χ3v) is 4.27. The normalized spacial score (nSPS) is 11.5. The molecule has 0 saturated carbocycles. The van der Waals surface area contributed by atoms with E-state index in [0.29, 0.717) is 12.3 Å². The van der Waals surface area contributed by atoms with Crippen molar-refractivity contribution in [3.63, 3.8) is 0 Å². The Balaban J connectivity index is 2.03. The van der Waals surface area contributed by atoms with Crippen LogP contribution in [-0.2, 0) is 4.79 Å². The molecule has 0 bridgehead atoms. The van der Waals surface area contributed by atoms with Crippen molar-refractivity contribution in [1.82, 2.24) is 20.2 Å². The number of aromatic amines is 2. The Morgan fingerprint density at radius 1 is 1.21 bits per heavy atom. The maximum Gasteiger partial charge on any atom is 0.211 e. The molecule has 24 heavy (non-hydrogen) atoms. The number of carbonyl (C=O) groups is 1. The Bertz CT molecular complexity index is 1040. The van der Waals surface area contributed by atoms with E-state index in [1.165, 1.54) is 5.56 Å². The maximum absolute atomic E-state index is 10.7. The highest BCUT2D eigenvalue weighted by atomic mass is 16.1. The summed E-state index contributed by atoms with van der Waals surface area (Å²) in [5, 5.41) is 11.8. The van der Waals surface area contributed by atoms with Gasteiger partial charge in [-0.25, -0.2) is 4.98 Å². The maximum atomic E-state index is 10.7. The Labute approximate surface area is 138 Å². The van der Waals surface area contributed by atoms with Crippen molar-refractivity contribution >= 4 is 34.0 Å². The molecule has 0 saturated heterocycles. The number of rotatable bonds is 4. The molecule has 4 rings (SSSR count). The first-order valence-electron chi connectivity index (χ1n) is 7.83. The topological polar surface area (TPSA) is 86.5 Å². The quantitative estimate of drug-likeness (QED) is 0.500. The number of fused-ring (bicyclic) bond motifs is 2. The van der Waals surface area contributed by atoms with Gasteiger partial charge in [0.25, 0.3) is 0 Å². The van der Waals surface area contributed by atoms with Gasteiger partial charge in [-0.05, 0) is 35.7 Å². The van der Waals surface area contributed by atoms with Crippen LogP contribution in [0.2, 0.25) is 0 Å². The van der Waals surface area contributed by atoms with Crippen molar-refractivity contribution in [1.29, 1.82) is 0 Å². The molecule has 6 nitrogen and oxygen atoms in total. The number of aromatic nitrogens is 4. The van der Waals surface area contributed by atoms with Crippen LogP contribution in [-0.4, -0.2) is 26.6 Å². The van der Waals surface area contributed by atoms with Crippen LogP contribution in [0.4, 0.5) is 5.69 Å². The second kappa shape index (κ2) is 5.49. The SMILES string of the molecule is CC(C)c1c(-c2ccnc3[nH]ncc23)[nH]c2ccc(NC=O)cc12. The number of anilines is 1. The third kappa shape index (κ3) is 2.15. The van der Waals surface area contributed by atoms with Crippen LogP contribution in [0.3, 0.4) is 0 Å². The lowest BCUT2D eigenvalue weighted by Gasteiger charge is -2.09. The van der Waals surface area contributed by atoms with E-state index in [1.807, 2.05) is 24.3 Å². The molecule has 0 aliphatic rings. The van der Waals surface area contributed by atoms with Crippen LogP contribution in [0, 0.1) is 0 Å². The van der Waals surface area contributed by atoms with E-state index in [2.05, 4.69) is 39.3 Å². The zero-order valence-corrected chi connectivity index (χ0v) is 13.4. The van der Waals surface area contributed by atoms with Gasteiger partial charge in [0.05, 0.1) is 11.9 Å². The van der Waals surface area contributed by atoms with E-state index >= 15 is 0 Å². The van der Waals surface area contributed by atoms with Crippen molar-refractivity contribution < 1.29 is 4.79 Å². The molecule has 0 spiro atoms. The van der Waals surface area contributed by atoms with Crippen LogP contribution in [0.5, 0.6) is 0 Å². The zero-order valence-electron chi connectivity index (χ0n) is 13.4. The standard InChI is InChI=1S/C18H17N5O/c1-10(2)16-13-7-11(20-9-24)3-4-15(13)22-17(16)12-5-6-19-18-14(12)8-21-23-18/h3-10,22H,1-2H3,(H,20,24)(H,19,21,23). The molecular weight excluding hydrogens is 302 g/mol. The minimum absolute atomic E-state index is 0.315. The molecule has 0 aliphatic heterocycles. The monoisotopic (exact) mass is 319 g/mol. The van der Waals surface area contributed by atoms with E-state index in [0.717, 1.165) is 38.9 Å². The smallest absolute Gasteiger partial charge is 0.211 e. The van der Waals surface area contributed by atoms with E-state index in [-0.39, 0.29) is 0 Å². The molecular formula is C18H17N5O. The molecule has 0 aliphatic carbocycles. The first kappa shape index (κ1) is 14.4. The number of pyridine rings is 1. The molecule has 0 radical (unpaired) electrons. The Hall–Kier alpha value is -3.15. The molecule has 3 aromatic heterocycles. The minimum atomic E-state index is 0.315. The first-order chi connectivity index (χ1) is 11.7. The summed E-state index contributed by atoms with van der Waals surface area (Å²) in [6.07, 6.45) is 4.28. The zero-order chi connectivity index (χ0) is 16.7. The van der Waals surface area contributed by atoms with Crippen LogP contribution >= 0.6 is 0 Å². The third-order valence-electron chi connectivity index (χ3n) is 4.27. The van der Waals surface area contributed by atoms with Crippen LogP contribution in [0.15, 0.2) is 36.7 Å². The summed E-state index contributed by atoms with van der Waals surface area (Å²) in [6.45, 7) is 4.33. The highest BCUT2D eigenvalue weighted by Gasteiger charge is 2.18. The van der Waals surface area contributed by atoms with Crippen LogP contribution < -0.4 is 5.32 Å². The number of amides is 1. The number of carbonyl (C=O) groups excluding carboxylic acids is 1. The molecule has 120 valence electrons. The molecule has 0 atom stereocenters. The number of nitrogens with one attached hydrogen (secondary N) is 3. The summed E-state index contributed by atoms with van der Waals surface area (Å²) < 4.78 is 0. The van der Waals surface area contributed by atoms with E-state index in [4.69, 9.17) is 0 Å². The average Bonchev–Trinajstić information content (AvgIpc) is 3.18. The fourth-order valence-corrected chi connectivity index (χ4v) is 3.25. The number of H-pyrrole nitrogens is 2. The molecule has 4 aromatic rings. The molecule has 3 N–H and O–H groups in total. The molecule has 0 fully saturated rings. The van der Waals surface area contributed by atoms with Crippen molar-refractivity contribution in [3.05, 3.63) is 42.2 Å². The van der Waals surface area contributed by atoms with Gasteiger partial charge < -0.3 is 10.3 Å². The minimum Gasteiger partial charge on any atom is -0.354 e. The van der Waals surface area contributed by atoms with Crippen molar-refractivity contribution in [2.75, 3.05) is 5.32 Å². The molecule has 1 amide bonds. The molecule has 1 aromatic carbocycles. The lowest BCUT2D eigenvalue weighted by molar-refractivity contribution is -0.105. The molecule has 6 heteroatoms. The lowest BCUT2D eigenvalue weighted by Crippen LogP contribution is -1.94. The van der Waals surface area contributed by atoms with Gasteiger partial charge in [-0.3, -0.25) is 9.89 Å². The van der Waals surface area contributed by atoms with Crippen molar-refractivity contribution in [2.24, 2.45) is 0 Å².